The Kier molecular flexibility index (Phi) is 7.38. The van der Waals surface area contributed by atoms with Crippen molar-refractivity contribution in [2.75, 3.05) is 30.2 Å². The molecule has 7 heteroatoms. The van der Waals surface area contributed by atoms with Gasteiger partial charge in [-0.15, -0.1) is 0 Å². The van der Waals surface area contributed by atoms with Crippen molar-refractivity contribution >= 4 is 21.6 Å². The predicted molar refractivity (Wildman–Crippen MR) is 126 cm³/mol. The van der Waals surface area contributed by atoms with E-state index in [1.165, 1.54) is 22.7 Å². The lowest BCUT2D eigenvalue weighted by molar-refractivity contribution is -0.119. The van der Waals surface area contributed by atoms with E-state index < -0.39 is 10.0 Å². The number of anilines is 1. The van der Waals surface area contributed by atoms with E-state index in [-0.39, 0.29) is 12.5 Å². The second-order valence-electron chi connectivity index (χ2n) is 8.55. The molecule has 31 heavy (non-hydrogen) atoms. The average molecular weight is 444 g/mol. The summed E-state index contributed by atoms with van der Waals surface area (Å²) in [7, 11) is -3.61. The fourth-order valence-electron chi connectivity index (χ4n) is 4.37. The minimum absolute atomic E-state index is 0.238. The van der Waals surface area contributed by atoms with Gasteiger partial charge >= 0.3 is 0 Å². The maximum absolute atomic E-state index is 12.8. The Morgan fingerprint density at radius 3 is 2.19 bits per heavy atom. The van der Waals surface area contributed by atoms with E-state index in [0.29, 0.717) is 12.2 Å². The smallest absolute Gasteiger partial charge is 0.241 e. The number of sulfonamides is 1. The predicted octanol–water partition coefficient (Wildman–Crippen LogP) is 3.29. The van der Waals surface area contributed by atoms with Crippen LogP contribution in [0.5, 0.6) is 0 Å². The molecule has 0 spiro atoms. The molecule has 2 aromatic carbocycles. The van der Waals surface area contributed by atoms with E-state index in [4.69, 9.17) is 0 Å². The first-order valence-electron chi connectivity index (χ1n) is 10.8. The number of hydrogen-bond donors (Lipinski definition) is 1. The van der Waals surface area contributed by atoms with Gasteiger partial charge in [-0.3, -0.25) is 14.0 Å². The molecule has 1 heterocycles. The van der Waals surface area contributed by atoms with Gasteiger partial charge in [-0.1, -0.05) is 42.0 Å². The van der Waals surface area contributed by atoms with E-state index in [9.17, 15) is 13.2 Å². The van der Waals surface area contributed by atoms with Crippen LogP contribution in [0.2, 0.25) is 0 Å². The summed E-state index contributed by atoms with van der Waals surface area (Å²) in [6, 6.07) is 12.0. The normalized spacial score (nSPS) is 14.6. The van der Waals surface area contributed by atoms with Gasteiger partial charge in [0.05, 0.1) is 11.9 Å². The summed E-state index contributed by atoms with van der Waals surface area (Å²) in [5.41, 5.74) is 5.59. The molecule has 1 aliphatic rings. The molecule has 0 aromatic heterocycles. The zero-order chi connectivity index (χ0) is 22.6. The van der Waals surface area contributed by atoms with Crippen LogP contribution in [0.3, 0.4) is 0 Å². The molecule has 0 unspecified atom stereocenters. The van der Waals surface area contributed by atoms with Gasteiger partial charge in [0.1, 0.15) is 6.54 Å². The molecule has 1 fully saturated rings. The number of hydrogen-bond acceptors (Lipinski definition) is 4. The standard InChI is InChI=1S/C24H33N3O3S/c1-18-13-19(2)24(20(3)14-18)27(31(4,29)30)17-23(28)25-15-21-9-5-6-10-22(21)16-26-11-7-8-12-26/h5-6,9-10,13-14H,7-8,11-12,15-17H2,1-4H3,(H,25,28). The highest BCUT2D eigenvalue weighted by atomic mass is 32.2. The number of rotatable bonds is 8. The number of amides is 1. The number of benzene rings is 2. The third kappa shape index (κ3) is 6.08. The van der Waals surface area contributed by atoms with Crippen LogP contribution in [0.25, 0.3) is 0 Å². The molecule has 0 bridgehead atoms. The largest absolute Gasteiger partial charge is 0.350 e. The number of likely N-dealkylation sites (tertiary alicyclic amines) is 1. The van der Waals surface area contributed by atoms with Gasteiger partial charge in [0.15, 0.2) is 0 Å². The van der Waals surface area contributed by atoms with Crippen molar-refractivity contribution in [1.82, 2.24) is 10.2 Å². The molecule has 0 saturated carbocycles. The summed E-state index contributed by atoms with van der Waals surface area (Å²) >= 11 is 0. The van der Waals surface area contributed by atoms with E-state index in [2.05, 4.69) is 16.3 Å². The van der Waals surface area contributed by atoms with Crippen LogP contribution < -0.4 is 9.62 Å². The summed E-state index contributed by atoms with van der Waals surface area (Å²) in [6.07, 6.45) is 3.61. The van der Waals surface area contributed by atoms with Crippen molar-refractivity contribution in [1.29, 1.82) is 0 Å². The third-order valence-electron chi connectivity index (χ3n) is 5.76. The van der Waals surface area contributed by atoms with Gasteiger partial charge in [0.25, 0.3) is 0 Å². The highest BCUT2D eigenvalue weighted by Gasteiger charge is 2.24. The van der Waals surface area contributed by atoms with Crippen molar-refractivity contribution in [3.63, 3.8) is 0 Å². The first-order valence-corrected chi connectivity index (χ1v) is 12.6. The molecule has 2 aromatic rings. The monoisotopic (exact) mass is 443 g/mol. The molecule has 0 atom stereocenters. The number of nitrogens with zero attached hydrogens (tertiary/aromatic N) is 2. The number of carbonyl (C=O) groups excluding carboxylic acids is 1. The number of aryl methyl sites for hydroxylation is 3. The first kappa shape index (κ1) is 23.3. The lowest BCUT2D eigenvalue weighted by Crippen LogP contribution is -2.41. The van der Waals surface area contributed by atoms with E-state index in [1.54, 1.807) is 0 Å². The average Bonchev–Trinajstić information content (AvgIpc) is 3.18. The molecule has 3 rings (SSSR count). The van der Waals surface area contributed by atoms with Gasteiger partial charge in [0, 0.05) is 13.1 Å². The van der Waals surface area contributed by atoms with E-state index in [1.807, 2.05) is 51.1 Å². The number of carbonyl (C=O) groups is 1. The van der Waals surface area contributed by atoms with Crippen LogP contribution >= 0.6 is 0 Å². The molecule has 1 saturated heterocycles. The summed E-state index contributed by atoms with van der Waals surface area (Å²) in [4.78, 5) is 15.2. The van der Waals surface area contributed by atoms with Gasteiger partial charge in [-0.2, -0.15) is 0 Å². The van der Waals surface area contributed by atoms with Crippen molar-refractivity contribution in [3.05, 3.63) is 64.2 Å². The van der Waals surface area contributed by atoms with Crippen molar-refractivity contribution < 1.29 is 13.2 Å². The minimum atomic E-state index is -3.61. The second-order valence-corrected chi connectivity index (χ2v) is 10.5. The Labute approximate surface area is 186 Å². The molecule has 0 radical (unpaired) electrons. The molecular formula is C24H33N3O3S. The van der Waals surface area contributed by atoms with Crippen LogP contribution in [0.1, 0.15) is 40.7 Å². The van der Waals surface area contributed by atoms with Crippen LogP contribution in [0.4, 0.5) is 5.69 Å². The first-order chi connectivity index (χ1) is 14.6. The highest BCUT2D eigenvalue weighted by Crippen LogP contribution is 2.28. The Hall–Kier alpha value is -2.38. The van der Waals surface area contributed by atoms with E-state index in [0.717, 1.165) is 48.1 Å². The third-order valence-corrected chi connectivity index (χ3v) is 6.87. The molecule has 1 amide bonds. The van der Waals surface area contributed by atoms with Gasteiger partial charge in [-0.05, 0) is 69.0 Å². The van der Waals surface area contributed by atoms with Crippen molar-refractivity contribution in [3.8, 4) is 0 Å². The second kappa shape index (κ2) is 9.83. The van der Waals surface area contributed by atoms with Gasteiger partial charge in [-0.25, -0.2) is 8.42 Å². The van der Waals surface area contributed by atoms with Crippen LogP contribution in [-0.2, 0) is 27.9 Å². The number of nitrogens with one attached hydrogen (secondary N) is 1. The minimum Gasteiger partial charge on any atom is -0.350 e. The molecular weight excluding hydrogens is 410 g/mol. The summed E-state index contributed by atoms with van der Waals surface area (Å²) < 4.78 is 26.2. The lowest BCUT2D eigenvalue weighted by atomic mass is 10.1. The fraction of sp³-hybridized carbons (Fsp3) is 0.458. The molecule has 1 N–H and O–H groups in total. The Morgan fingerprint density at radius 2 is 1.61 bits per heavy atom. The zero-order valence-electron chi connectivity index (χ0n) is 18.9. The fourth-order valence-corrected chi connectivity index (χ4v) is 5.35. The van der Waals surface area contributed by atoms with Crippen molar-refractivity contribution in [2.24, 2.45) is 0 Å². The molecule has 168 valence electrons. The highest BCUT2D eigenvalue weighted by molar-refractivity contribution is 7.92. The zero-order valence-corrected chi connectivity index (χ0v) is 19.8. The summed E-state index contributed by atoms with van der Waals surface area (Å²) in [6.45, 7) is 8.97. The van der Waals surface area contributed by atoms with Crippen LogP contribution in [0.15, 0.2) is 36.4 Å². The Bertz CT molecular complexity index is 1020. The van der Waals surface area contributed by atoms with Gasteiger partial charge < -0.3 is 5.32 Å². The summed E-state index contributed by atoms with van der Waals surface area (Å²) in [5.74, 6) is -0.319. The topological polar surface area (TPSA) is 69.7 Å². The maximum Gasteiger partial charge on any atom is 0.241 e. The molecule has 0 aliphatic carbocycles. The Balaban J connectivity index is 1.72. The SMILES string of the molecule is Cc1cc(C)c(N(CC(=O)NCc2ccccc2CN2CCCC2)S(C)(=O)=O)c(C)c1. The Morgan fingerprint density at radius 1 is 1.03 bits per heavy atom. The van der Waals surface area contributed by atoms with Crippen molar-refractivity contribution in [2.45, 2.75) is 46.7 Å². The molecule has 6 nitrogen and oxygen atoms in total. The summed E-state index contributed by atoms with van der Waals surface area (Å²) in [5, 5.41) is 2.92. The van der Waals surface area contributed by atoms with Crippen LogP contribution in [-0.4, -0.2) is 45.1 Å². The molecule has 1 aliphatic heterocycles. The van der Waals surface area contributed by atoms with Gasteiger partial charge in [0.2, 0.25) is 15.9 Å². The van der Waals surface area contributed by atoms with E-state index >= 15 is 0 Å². The lowest BCUT2D eigenvalue weighted by Gasteiger charge is -2.26. The van der Waals surface area contributed by atoms with Crippen LogP contribution in [0, 0.1) is 20.8 Å². The maximum atomic E-state index is 12.8. The quantitative estimate of drug-likeness (QED) is 0.680.